The van der Waals surface area contributed by atoms with Gasteiger partial charge in [-0.2, -0.15) is 0 Å². The van der Waals surface area contributed by atoms with Crippen molar-refractivity contribution < 1.29 is 14.3 Å². The van der Waals surface area contributed by atoms with E-state index in [0.717, 1.165) is 21.3 Å². The van der Waals surface area contributed by atoms with Crippen LogP contribution >= 0.6 is 23.1 Å². The van der Waals surface area contributed by atoms with Crippen molar-refractivity contribution in [3.63, 3.8) is 0 Å². The van der Waals surface area contributed by atoms with E-state index in [1.54, 1.807) is 0 Å². The molecule has 0 aliphatic carbocycles. The van der Waals surface area contributed by atoms with Gasteiger partial charge in [0.15, 0.2) is 4.34 Å². The minimum atomic E-state index is -0.379. The van der Waals surface area contributed by atoms with Crippen molar-refractivity contribution in [3.8, 4) is 5.75 Å². The maximum Gasteiger partial charge on any atom is 0.240 e. The van der Waals surface area contributed by atoms with Crippen LogP contribution in [0.15, 0.2) is 58.9 Å². The Morgan fingerprint density at radius 1 is 1.16 bits per heavy atom. The van der Waals surface area contributed by atoms with Gasteiger partial charge < -0.3 is 19.7 Å². The van der Waals surface area contributed by atoms with Gasteiger partial charge in [-0.15, -0.1) is 10.2 Å². The zero-order valence-electron chi connectivity index (χ0n) is 17.2. The zero-order chi connectivity index (χ0) is 21.5. The van der Waals surface area contributed by atoms with Crippen LogP contribution in [0.4, 0.5) is 10.8 Å². The molecule has 1 fully saturated rings. The molecule has 0 spiro atoms. The monoisotopic (exact) mass is 456 g/mol. The van der Waals surface area contributed by atoms with E-state index in [-0.39, 0.29) is 11.2 Å². The number of aromatic nitrogens is 2. The third-order valence-corrected chi connectivity index (χ3v) is 6.87. The van der Waals surface area contributed by atoms with Gasteiger partial charge in [0.25, 0.3) is 0 Å². The fraction of sp³-hybridized carbons (Fsp3) is 0.318. The maximum absolute atomic E-state index is 13.3. The number of rotatable bonds is 8. The lowest BCUT2D eigenvalue weighted by Crippen LogP contribution is -2.42. The predicted octanol–water partition coefficient (Wildman–Crippen LogP) is 4.37. The zero-order valence-corrected chi connectivity index (χ0v) is 18.8. The fourth-order valence-electron chi connectivity index (χ4n) is 3.21. The number of benzene rings is 2. The molecule has 1 aliphatic heterocycles. The molecule has 4 rings (SSSR count). The number of nitrogens with one attached hydrogen (secondary N) is 1. The van der Waals surface area contributed by atoms with Crippen LogP contribution in [-0.2, 0) is 9.53 Å². The Morgan fingerprint density at radius 3 is 2.68 bits per heavy atom. The Kier molecular flexibility index (Phi) is 7.39. The fourth-order valence-corrected chi connectivity index (χ4v) is 5.25. The van der Waals surface area contributed by atoms with Crippen molar-refractivity contribution in [2.45, 2.75) is 16.5 Å². The van der Waals surface area contributed by atoms with Gasteiger partial charge in [-0.25, -0.2) is 0 Å². The van der Waals surface area contributed by atoms with Crippen molar-refractivity contribution in [1.82, 2.24) is 15.1 Å². The molecule has 162 valence electrons. The summed E-state index contributed by atoms with van der Waals surface area (Å²) < 4.78 is 11.8. The molecule has 1 aromatic heterocycles. The van der Waals surface area contributed by atoms with Crippen LogP contribution in [0.25, 0.3) is 0 Å². The number of para-hydroxylation sites is 2. The first-order chi connectivity index (χ1) is 15.2. The molecule has 1 amide bonds. The van der Waals surface area contributed by atoms with Gasteiger partial charge in [0.05, 0.1) is 25.5 Å². The number of ether oxygens (including phenoxy) is 2. The summed E-state index contributed by atoms with van der Waals surface area (Å²) in [4.78, 5) is 15.2. The topological polar surface area (TPSA) is 76.6 Å². The number of thioether (sulfide) groups is 1. The predicted molar refractivity (Wildman–Crippen MR) is 123 cm³/mol. The van der Waals surface area contributed by atoms with Gasteiger partial charge >= 0.3 is 0 Å². The van der Waals surface area contributed by atoms with Gasteiger partial charge in [0.1, 0.15) is 11.0 Å². The number of carbonyl (C=O) groups excluding carboxylic acids is 1. The Bertz CT molecular complexity index is 993. The molecule has 1 atom stereocenters. The van der Waals surface area contributed by atoms with E-state index in [1.165, 1.54) is 23.1 Å². The van der Waals surface area contributed by atoms with E-state index in [1.807, 2.05) is 66.4 Å². The largest absolute Gasteiger partial charge is 0.492 e. The molecule has 9 heteroatoms. The number of hydrogen-bond acceptors (Lipinski definition) is 8. The van der Waals surface area contributed by atoms with Gasteiger partial charge in [-0.3, -0.25) is 4.79 Å². The van der Waals surface area contributed by atoms with E-state index < -0.39 is 0 Å². The van der Waals surface area contributed by atoms with Crippen LogP contribution in [0.5, 0.6) is 5.75 Å². The lowest BCUT2D eigenvalue weighted by molar-refractivity contribution is -0.134. The highest BCUT2D eigenvalue weighted by molar-refractivity contribution is 8.01. The van der Waals surface area contributed by atoms with E-state index in [9.17, 15) is 4.79 Å². The molecule has 3 aromatic rings. The summed E-state index contributed by atoms with van der Waals surface area (Å²) in [7, 11) is 0. The molecule has 2 heterocycles. The van der Waals surface area contributed by atoms with Crippen LogP contribution in [-0.4, -0.2) is 53.9 Å². The SMILES string of the molecule is CCOc1ccccc1Nc1nnc(SC(C(=O)N2CCOCC2)c2ccccc2)s1. The highest BCUT2D eigenvalue weighted by Crippen LogP contribution is 2.40. The standard InChI is InChI=1S/C22H24N4O3S2/c1-2-29-18-11-7-6-10-17(18)23-21-24-25-22(31-21)30-19(16-8-4-3-5-9-16)20(27)26-12-14-28-15-13-26/h3-11,19H,2,12-15H2,1H3,(H,23,24). The Balaban J connectivity index is 1.51. The summed E-state index contributed by atoms with van der Waals surface area (Å²) in [5.41, 5.74) is 1.79. The van der Waals surface area contributed by atoms with Crippen LogP contribution in [0, 0.1) is 0 Å². The number of carbonyl (C=O) groups is 1. The van der Waals surface area contributed by atoms with Gasteiger partial charge in [0, 0.05) is 13.1 Å². The van der Waals surface area contributed by atoms with E-state index in [4.69, 9.17) is 9.47 Å². The number of anilines is 2. The quantitative estimate of drug-likeness (QED) is 0.504. The van der Waals surface area contributed by atoms with Gasteiger partial charge in [0.2, 0.25) is 11.0 Å². The van der Waals surface area contributed by atoms with Crippen LogP contribution in [0.2, 0.25) is 0 Å². The molecule has 0 saturated carbocycles. The average molecular weight is 457 g/mol. The lowest BCUT2D eigenvalue weighted by atomic mass is 10.1. The first-order valence-corrected chi connectivity index (χ1v) is 11.8. The summed E-state index contributed by atoms with van der Waals surface area (Å²) in [5.74, 6) is 0.838. The molecule has 7 nitrogen and oxygen atoms in total. The second-order valence-electron chi connectivity index (χ2n) is 6.77. The molecular weight excluding hydrogens is 432 g/mol. The second kappa shape index (κ2) is 10.6. The van der Waals surface area contributed by atoms with Crippen LogP contribution in [0.3, 0.4) is 0 Å². The first-order valence-electron chi connectivity index (χ1n) is 10.1. The second-order valence-corrected chi connectivity index (χ2v) is 9.10. The maximum atomic E-state index is 13.3. The lowest BCUT2D eigenvalue weighted by Gasteiger charge is -2.30. The average Bonchev–Trinajstić information content (AvgIpc) is 3.26. The molecule has 1 unspecified atom stereocenters. The molecule has 0 radical (unpaired) electrons. The third-order valence-electron chi connectivity index (χ3n) is 4.70. The van der Waals surface area contributed by atoms with Crippen molar-refractivity contribution in [1.29, 1.82) is 0 Å². The molecule has 1 saturated heterocycles. The highest BCUT2D eigenvalue weighted by Gasteiger charge is 2.29. The van der Waals surface area contributed by atoms with E-state index >= 15 is 0 Å². The Hall–Kier alpha value is -2.62. The van der Waals surface area contributed by atoms with Crippen LogP contribution in [0.1, 0.15) is 17.7 Å². The summed E-state index contributed by atoms with van der Waals surface area (Å²) in [6, 6.07) is 17.5. The molecule has 1 aliphatic rings. The number of hydrogen-bond donors (Lipinski definition) is 1. The number of nitrogens with zero attached hydrogens (tertiary/aromatic N) is 3. The highest BCUT2D eigenvalue weighted by atomic mass is 32.2. The first kappa shape index (κ1) is 21.6. The molecule has 31 heavy (non-hydrogen) atoms. The van der Waals surface area contributed by atoms with E-state index in [2.05, 4.69) is 15.5 Å². The summed E-state index contributed by atoms with van der Waals surface area (Å²) in [6.07, 6.45) is 0. The third kappa shape index (κ3) is 5.55. The molecular formula is C22H24N4O3S2. The molecule has 2 aromatic carbocycles. The van der Waals surface area contributed by atoms with Crippen molar-refractivity contribution >= 4 is 39.8 Å². The Labute approximate surface area is 189 Å². The summed E-state index contributed by atoms with van der Waals surface area (Å²) in [6.45, 7) is 4.90. The molecule has 1 N–H and O–H groups in total. The normalized spacial score (nSPS) is 14.8. The van der Waals surface area contributed by atoms with Gasteiger partial charge in [-0.1, -0.05) is 65.6 Å². The minimum Gasteiger partial charge on any atom is -0.492 e. The number of morpholine rings is 1. The van der Waals surface area contributed by atoms with Gasteiger partial charge in [-0.05, 0) is 24.6 Å². The van der Waals surface area contributed by atoms with Crippen LogP contribution < -0.4 is 10.1 Å². The Morgan fingerprint density at radius 2 is 1.90 bits per heavy atom. The van der Waals surface area contributed by atoms with Crippen molar-refractivity contribution in [2.75, 3.05) is 38.2 Å². The minimum absolute atomic E-state index is 0.0749. The summed E-state index contributed by atoms with van der Waals surface area (Å²) >= 11 is 2.85. The van der Waals surface area contributed by atoms with Crippen molar-refractivity contribution in [3.05, 3.63) is 60.2 Å². The van der Waals surface area contributed by atoms with E-state index in [0.29, 0.717) is 38.0 Å². The number of amides is 1. The molecule has 0 bridgehead atoms. The smallest absolute Gasteiger partial charge is 0.240 e. The van der Waals surface area contributed by atoms with Crippen molar-refractivity contribution in [2.24, 2.45) is 0 Å². The summed E-state index contributed by atoms with van der Waals surface area (Å²) in [5, 5.41) is 12.1.